The van der Waals surface area contributed by atoms with Crippen LogP contribution in [0.15, 0.2) is 12.1 Å². The Morgan fingerprint density at radius 3 is 2.18 bits per heavy atom. The van der Waals surface area contributed by atoms with E-state index in [2.05, 4.69) is 0 Å². The van der Waals surface area contributed by atoms with E-state index in [1.54, 1.807) is 0 Å². The molecule has 0 amide bonds. The minimum absolute atomic E-state index is 0.415. The monoisotopic (exact) mass is 253 g/mol. The third kappa shape index (κ3) is 2.54. The minimum Gasteiger partial charge on any atom is -0.398 e. The van der Waals surface area contributed by atoms with Crippen molar-refractivity contribution in [3.05, 3.63) is 28.8 Å². The van der Waals surface area contributed by atoms with Crippen molar-refractivity contribution in [1.29, 1.82) is 0 Å². The molecule has 17 heavy (non-hydrogen) atoms. The van der Waals surface area contributed by atoms with Crippen molar-refractivity contribution >= 4 is 11.5 Å². The molecule has 0 saturated carbocycles. The predicted octanol–water partition coefficient (Wildman–Crippen LogP) is 3.43. The van der Waals surface area contributed by atoms with Crippen molar-refractivity contribution in [2.45, 2.75) is 19.5 Å². The van der Waals surface area contributed by atoms with Crippen LogP contribution in [0.4, 0.5) is 27.6 Å². The van der Waals surface area contributed by atoms with E-state index in [4.69, 9.17) is 5.73 Å². The number of carbonyl (C=O) groups excluding carboxylic acids is 1. The summed E-state index contributed by atoms with van der Waals surface area (Å²) in [5.41, 5.74) is 0.903. The Morgan fingerprint density at radius 2 is 1.82 bits per heavy atom. The van der Waals surface area contributed by atoms with Gasteiger partial charge in [0.15, 0.2) is 5.78 Å². The van der Waals surface area contributed by atoms with Crippen molar-refractivity contribution in [3.8, 4) is 0 Å². The van der Waals surface area contributed by atoms with Gasteiger partial charge in [-0.1, -0.05) is 6.07 Å². The SMILES string of the molecule is CC(=O)c1ccc(C(F)F)c(C(F)(F)F)c1N. The molecule has 0 saturated heterocycles. The van der Waals surface area contributed by atoms with Gasteiger partial charge in [0.25, 0.3) is 6.43 Å². The average Bonchev–Trinajstić information content (AvgIpc) is 2.14. The number of Topliss-reactive ketones (excluding diaryl/α,β-unsaturated/α-hetero) is 1. The lowest BCUT2D eigenvalue weighted by Crippen LogP contribution is -2.16. The average molecular weight is 253 g/mol. The first-order chi connectivity index (χ1) is 7.66. The van der Waals surface area contributed by atoms with Crippen LogP contribution in [0.2, 0.25) is 0 Å². The van der Waals surface area contributed by atoms with Gasteiger partial charge in [0.2, 0.25) is 0 Å². The Kier molecular flexibility index (Phi) is 3.40. The first kappa shape index (κ1) is 13.4. The fourth-order valence-electron chi connectivity index (χ4n) is 1.44. The van der Waals surface area contributed by atoms with Crippen LogP contribution < -0.4 is 5.73 Å². The van der Waals surface area contributed by atoms with E-state index in [1.165, 1.54) is 0 Å². The van der Waals surface area contributed by atoms with Crippen LogP contribution in [0.25, 0.3) is 0 Å². The van der Waals surface area contributed by atoms with E-state index in [0.717, 1.165) is 13.0 Å². The summed E-state index contributed by atoms with van der Waals surface area (Å²) in [5, 5.41) is 0. The van der Waals surface area contributed by atoms with Crippen LogP contribution in [0.3, 0.4) is 0 Å². The Balaban J connectivity index is 3.59. The molecule has 0 spiro atoms. The molecule has 0 aliphatic carbocycles. The molecule has 0 aliphatic rings. The van der Waals surface area contributed by atoms with E-state index >= 15 is 0 Å². The first-order valence-electron chi connectivity index (χ1n) is 4.45. The quantitative estimate of drug-likeness (QED) is 0.498. The number of alkyl halides is 5. The molecule has 1 aromatic rings. The molecule has 0 unspecified atom stereocenters. The van der Waals surface area contributed by atoms with Crippen LogP contribution in [-0.2, 0) is 6.18 Å². The van der Waals surface area contributed by atoms with E-state index < -0.39 is 40.8 Å². The van der Waals surface area contributed by atoms with Gasteiger partial charge < -0.3 is 5.73 Å². The zero-order valence-corrected chi connectivity index (χ0v) is 8.61. The zero-order chi connectivity index (χ0) is 13.4. The highest BCUT2D eigenvalue weighted by atomic mass is 19.4. The van der Waals surface area contributed by atoms with Crippen molar-refractivity contribution < 1.29 is 26.7 Å². The van der Waals surface area contributed by atoms with E-state index in [0.29, 0.717) is 6.07 Å². The van der Waals surface area contributed by atoms with Crippen LogP contribution in [0.5, 0.6) is 0 Å². The van der Waals surface area contributed by atoms with Gasteiger partial charge in [-0.25, -0.2) is 8.78 Å². The summed E-state index contributed by atoms with van der Waals surface area (Å²) < 4.78 is 62.6. The third-order valence-electron chi connectivity index (χ3n) is 2.18. The molecule has 0 fully saturated rings. The maximum absolute atomic E-state index is 12.6. The maximum atomic E-state index is 12.6. The summed E-state index contributed by atoms with van der Waals surface area (Å²) in [6, 6.07) is 1.44. The number of nitrogen functional groups attached to an aromatic ring is 1. The number of nitrogens with two attached hydrogens (primary N) is 1. The molecule has 0 heterocycles. The van der Waals surface area contributed by atoms with Gasteiger partial charge in [0.1, 0.15) is 0 Å². The summed E-state index contributed by atoms with van der Waals surface area (Å²) in [5.74, 6) is -0.714. The predicted molar refractivity (Wildman–Crippen MR) is 50.8 cm³/mol. The maximum Gasteiger partial charge on any atom is 0.418 e. The number of benzene rings is 1. The molecule has 0 atom stereocenters. The topological polar surface area (TPSA) is 43.1 Å². The van der Waals surface area contributed by atoms with Crippen LogP contribution in [-0.4, -0.2) is 5.78 Å². The molecule has 0 radical (unpaired) electrons. The van der Waals surface area contributed by atoms with Gasteiger partial charge in [0, 0.05) is 11.1 Å². The number of hydrogen-bond acceptors (Lipinski definition) is 2. The largest absolute Gasteiger partial charge is 0.418 e. The highest BCUT2D eigenvalue weighted by Gasteiger charge is 2.39. The van der Waals surface area contributed by atoms with Crippen LogP contribution in [0.1, 0.15) is 34.8 Å². The first-order valence-corrected chi connectivity index (χ1v) is 4.45. The molecule has 1 aromatic carbocycles. The lowest BCUT2D eigenvalue weighted by atomic mass is 9.98. The van der Waals surface area contributed by atoms with E-state index in [1.807, 2.05) is 0 Å². The van der Waals surface area contributed by atoms with Gasteiger partial charge >= 0.3 is 6.18 Å². The molecule has 2 N–H and O–H groups in total. The molecule has 0 bridgehead atoms. The summed E-state index contributed by atoms with van der Waals surface area (Å²) >= 11 is 0. The number of carbonyl (C=O) groups is 1. The van der Waals surface area contributed by atoms with Gasteiger partial charge in [-0.2, -0.15) is 13.2 Å². The second kappa shape index (κ2) is 4.31. The minimum atomic E-state index is -5.03. The molecular formula is C10H8F5NO. The van der Waals surface area contributed by atoms with Crippen molar-refractivity contribution in [2.24, 2.45) is 0 Å². The van der Waals surface area contributed by atoms with Crippen molar-refractivity contribution in [3.63, 3.8) is 0 Å². The van der Waals surface area contributed by atoms with Crippen LogP contribution in [0, 0.1) is 0 Å². The molecule has 94 valence electrons. The Labute approximate surface area is 93.2 Å². The zero-order valence-electron chi connectivity index (χ0n) is 8.61. The molecule has 0 aliphatic heterocycles. The van der Waals surface area contributed by atoms with Crippen molar-refractivity contribution in [2.75, 3.05) is 5.73 Å². The molecule has 1 rings (SSSR count). The molecule has 7 heteroatoms. The van der Waals surface area contributed by atoms with E-state index in [9.17, 15) is 26.7 Å². The van der Waals surface area contributed by atoms with Crippen LogP contribution >= 0.6 is 0 Å². The second-order valence-electron chi connectivity index (χ2n) is 3.35. The van der Waals surface area contributed by atoms with Gasteiger partial charge in [-0.3, -0.25) is 4.79 Å². The fraction of sp³-hybridized carbons (Fsp3) is 0.300. The van der Waals surface area contributed by atoms with Gasteiger partial charge in [-0.05, 0) is 13.0 Å². The number of anilines is 1. The highest BCUT2D eigenvalue weighted by molar-refractivity contribution is 6.00. The smallest absolute Gasteiger partial charge is 0.398 e. The lowest BCUT2D eigenvalue weighted by molar-refractivity contribution is -0.138. The Hall–Kier alpha value is -1.66. The summed E-state index contributed by atoms with van der Waals surface area (Å²) in [7, 11) is 0. The number of halogens is 5. The number of rotatable bonds is 2. The van der Waals surface area contributed by atoms with Crippen molar-refractivity contribution in [1.82, 2.24) is 0 Å². The molecule has 2 nitrogen and oxygen atoms in total. The second-order valence-corrected chi connectivity index (χ2v) is 3.35. The summed E-state index contributed by atoms with van der Waals surface area (Å²) in [4.78, 5) is 11.0. The number of ketones is 1. The Bertz CT molecular complexity index is 453. The summed E-state index contributed by atoms with van der Waals surface area (Å²) in [6.45, 7) is 1.01. The Morgan fingerprint density at radius 1 is 1.29 bits per heavy atom. The highest BCUT2D eigenvalue weighted by Crippen LogP contribution is 2.41. The normalized spacial score (nSPS) is 11.9. The fourth-order valence-corrected chi connectivity index (χ4v) is 1.44. The third-order valence-corrected chi connectivity index (χ3v) is 2.18. The number of hydrogen-bond donors (Lipinski definition) is 1. The standard InChI is InChI=1S/C10H8F5NO/c1-4(17)5-2-3-6(9(11)12)7(8(5)16)10(13,14)15/h2-3,9H,16H2,1H3. The lowest BCUT2D eigenvalue weighted by Gasteiger charge is -2.16. The van der Waals surface area contributed by atoms with Gasteiger partial charge in [-0.15, -0.1) is 0 Å². The molecule has 0 aromatic heterocycles. The van der Waals surface area contributed by atoms with Gasteiger partial charge in [0.05, 0.1) is 11.3 Å². The van der Waals surface area contributed by atoms with E-state index in [-0.39, 0.29) is 0 Å². The summed E-state index contributed by atoms with van der Waals surface area (Å²) in [6.07, 6.45) is -8.34. The molecular weight excluding hydrogens is 245 g/mol.